The lowest BCUT2D eigenvalue weighted by Crippen LogP contribution is -2.42. The number of rotatable bonds is 5. The molecule has 134 valence electrons. The molecule has 0 bridgehead atoms. The van der Waals surface area contributed by atoms with Crippen molar-refractivity contribution in [2.45, 2.75) is 6.54 Å². The van der Waals surface area contributed by atoms with Crippen molar-refractivity contribution in [3.8, 4) is 0 Å². The van der Waals surface area contributed by atoms with E-state index in [2.05, 4.69) is 10.4 Å². The number of para-hydroxylation sites is 1. The summed E-state index contributed by atoms with van der Waals surface area (Å²) in [5.41, 5.74) is 5.85. The maximum absolute atomic E-state index is 13.0. The number of imidazole rings is 1. The summed E-state index contributed by atoms with van der Waals surface area (Å²) in [6.45, 7) is 0.519. The number of hydrogen-bond donors (Lipinski definition) is 1. The van der Waals surface area contributed by atoms with E-state index in [0.717, 1.165) is 11.3 Å². The normalized spacial score (nSPS) is 10.7. The number of nitrogens with zero attached hydrogens (tertiary/aromatic N) is 3. The highest BCUT2D eigenvalue weighted by molar-refractivity contribution is 6.32. The molecule has 0 aliphatic rings. The highest BCUT2D eigenvalue weighted by Gasteiger charge is 2.20. The molecule has 0 atom stereocenters. The first kappa shape index (κ1) is 17.1. The van der Waals surface area contributed by atoms with Crippen LogP contribution in [0.1, 0.15) is 16.1 Å². The Balaban J connectivity index is 1.66. The number of benzene rings is 2. The summed E-state index contributed by atoms with van der Waals surface area (Å²) in [6.07, 6.45) is 1.77. The lowest BCUT2D eigenvalue weighted by Gasteiger charge is -2.25. The molecule has 0 unspecified atom stereocenters. The predicted molar refractivity (Wildman–Crippen MR) is 107 cm³/mol. The van der Waals surface area contributed by atoms with E-state index >= 15 is 0 Å². The van der Waals surface area contributed by atoms with E-state index in [4.69, 9.17) is 11.6 Å². The van der Waals surface area contributed by atoms with Gasteiger partial charge in [0.2, 0.25) is 0 Å². The Labute approximate surface area is 161 Å². The number of amides is 1. The van der Waals surface area contributed by atoms with Gasteiger partial charge in [0.25, 0.3) is 5.91 Å². The third-order valence-corrected chi connectivity index (χ3v) is 4.45. The number of carbonyl (C=O) groups excluding carboxylic acids is 1. The summed E-state index contributed by atoms with van der Waals surface area (Å²) in [7, 11) is 0. The van der Waals surface area contributed by atoms with E-state index in [0.29, 0.717) is 17.9 Å². The zero-order valence-electron chi connectivity index (χ0n) is 14.4. The van der Waals surface area contributed by atoms with Crippen molar-refractivity contribution < 1.29 is 4.79 Å². The fourth-order valence-electron chi connectivity index (χ4n) is 2.92. The van der Waals surface area contributed by atoms with Gasteiger partial charge in [0.1, 0.15) is 5.65 Å². The van der Waals surface area contributed by atoms with E-state index in [1.165, 1.54) is 0 Å². The second-order valence-corrected chi connectivity index (χ2v) is 6.39. The van der Waals surface area contributed by atoms with E-state index in [9.17, 15) is 4.79 Å². The number of fused-ring (bicyclic) bond motifs is 1. The first-order valence-electron chi connectivity index (χ1n) is 8.52. The van der Waals surface area contributed by atoms with Gasteiger partial charge in [0.05, 0.1) is 12.2 Å². The summed E-state index contributed by atoms with van der Waals surface area (Å²) in [6, 6.07) is 25.1. The highest BCUT2D eigenvalue weighted by Crippen LogP contribution is 2.19. The topological polar surface area (TPSA) is 49.6 Å². The van der Waals surface area contributed by atoms with Crippen LogP contribution in [0.4, 0.5) is 5.69 Å². The molecule has 1 N–H and O–H groups in total. The quantitative estimate of drug-likeness (QED) is 0.527. The van der Waals surface area contributed by atoms with Gasteiger partial charge in [-0.2, -0.15) is 0 Å². The molecule has 2 heterocycles. The molecular formula is C21H17ClN4O. The zero-order chi connectivity index (χ0) is 18.6. The monoisotopic (exact) mass is 376 g/mol. The van der Waals surface area contributed by atoms with Gasteiger partial charge >= 0.3 is 0 Å². The van der Waals surface area contributed by atoms with Crippen molar-refractivity contribution in [1.82, 2.24) is 14.8 Å². The smallest absolute Gasteiger partial charge is 0.290 e. The Bertz CT molecular complexity index is 1060. The Morgan fingerprint density at radius 2 is 1.63 bits per heavy atom. The Hall–Kier alpha value is -3.31. The van der Waals surface area contributed by atoms with Crippen LogP contribution in [0.2, 0.25) is 5.15 Å². The van der Waals surface area contributed by atoms with Crippen LogP contribution in [0.25, 0.3) is 5.65 Å². The lowest BCUT2D eigenvalue weighted by molar-refractivity contribution is 0.0942. The number of anilines is 1. The van der Waals surface area contributed by atoms with Crippen LogP contribution in [-0.2, 0) is 6.54 Å². The van der Waals surface area contributed by atoms with Crippen LogP contribution in [0, 0.1) is 0 Å². The largest absolute Gasteiger partial charge is 0.294 e. The van der Waals surface area contributed by atoms with Gasteiger partial charge < -0.3 is 0 Å². The number of pyridine rings is 1. The van der Waals surface area contributed by atoms with Crippen LogP contribution < -0.4 is 10.4 Å². The number of hydrogen-bond acceptors (Lipinski definition) is 3. The van der Waals surface area contributed by atoms with E-state index in [1.807, 2.05) is 78.9 Å². The molecule has 5 nitrogen and oxygen atoms in total. The van der Waals surface area contributed by atoms with Crippen LogP contribution in [-0.4, -0.2) is 15.3 Å². The van der Waals surface area contributed by atoms with E-state index in [1.54, 1.807) is 15.6 Å². The molecule has 4 aromatic rings. The van der Waals surface area contributed by atoms with Crippen LogP contribution in [0.5, 0.6) is 0 Å². The van der Waals surface area contributed by atoms with Crippen molar-refractivity contribution in [2.75, 3.05) is 5.01 Å². The molecule has 0 fully saturated rings. The van der Waals surface area contributed by atoms with E-state index < -0.39 is 0 Å². The molecule has 1 amide bonds. The fraction of sp³-hybridized carbons (Fsp3) is 0.0476. The average molecular weight is 377 g/mol. The van der Waals surface area contributed by atoms with Crippen LogP contribution in [0.3, 0.4) is 0 Å². The Kier molecular flexibility index (Phi) is 4.77. The first-order chi connectivity index (χ1) is 13.2. The molecule has 0 spiro atoms. The third-order valence-electron chi connectivity index (χ3n) is 4.19. The molecule has 0 saturated heterocycles. The standard InChI is InChI=1S/C21H17ClN4O/c22-20-19(25-14-8-7-13-18(25)23-20)21(27)24-26(17-11-5-2-6-12-17)15-16-9-3-1-4-10-16/h1-14H,15H2,(H,24,27). The molecule has 4 rings (SSSR count). The molecule has 2 aromatic heterocycles. The lowest BCUT2D eigenvalue weighted by atomic mass is 10.2. The predicted octanol–water partition coefficient (Wildman–Crippen LogP) is 4.34. The van der Waals surface area contributed by atoms with Gasteiger partial charge in [0.15, 0.2) is 10.8 Å². The maximum Gasteiger partial charge on any atom is 0.290 e. The van der Waals surface area contributed by atoms with Gasteiger partial charge in [-0.1, -0.05) is 66.2 Å². The van der Waals surface area contributed by atoms with Crippen molar-refractivity contribution >= 4 is 28.8 Å². The van der Waals surface area contributed by atoms with Gasteiger partial charge in [-0.15, -0.1) is 0 Å². The number of hydrazine groups is 1. The van der Waals surface area contributed by atoms with Gasteiger partial charge in [-0.25, -0.2) is 4.98 Å². The Morgan fingerprint density at radius 1 is 0.963 bits per heavy atom. The van der Waals surface area contributed by atoms with Gasteiger partial charge in [-0.3, -0.25) is 19.6 Å². The Morgan fingerprint density at radius 3 is 2.37 bits per heavy atom. The van der Waals surface area contributed by atoms with Crippen LogP contribution >= 0.6 is 11.6 Å². The molecule has 2 aromatic carbocycles. The molecule has 27 heavy (non-hydrogen) atoms. The molecule has 0 aliphatic carbocycles. The highest BCUT2D eigenvalue weighted by atomic mass is 35.5. The fourth-order valence-corrected chi connectivity index (χ4v) is 3.18. The molecule has 0 saturated carbocycles. The minimum absolute atomic E-state index is 0.173. The summed E-state index contributed by atoms with van der Waals surface area (Å²) < 4.78 is 1.68. The zero-order valence-corrected chi connectivity index (χ0v) is 15.2. The van der Waals surface area contributed by atoms with Gasteiger partial charge in [-0.05, 0) is 29.8 Å². The van der Waals surface area contributed by atoms with E-state index in [-0.39, 0.29) is 11.1 Å². The molecule has 6 heteroatoms. The summed E-state index contributed by atoms with van der Waals surface area (Å²) in [5.74, 6) is -0.321. The third kappa shape index (κ3) is 3.64. The SMILES string of the molecule is O=C(NN(Cc1ccccc1)c1ccccc1)c1c(Cl)nc2ccccn12. The number of halogens is 1. The number of carbonyl (C=O) groups is 1. The summed E-state index contributed by atoms with van der Waals surface area (Å²) in [5, 5.41) is 1.97. The summed E-state index contributed by atoms with van der Waals surface area (Å²) >= 11 is 6.24. The molecule has 0 radical (unpaired) electrons. The number of aromatic nitrogens is 2. The maximum atomic E-state index is 13.0. The van der Waals surface area contributed by atoms with Crippen molar-refractivity contribution in [1.29, 1.82) is 0 Å². The van der Waals surface area contributed by atoms with Crippen molar-refractivity contribution in [3.05, 3.63) is 101 Å². The molecular weight excluding hydrogens is 360 g/mol. The average Bonchev–Trinajstić information content (AvgIpc) is 3.04. The minimum atomic E-state index is -0.321. The van der Waals surface area contributed by atoms with Crippen molar-refractivity contribution in [3.63, 3.8) is 0 Å². The minimum Gasteiger partial charge on any atom is -0.294 e. The van der Waals surface area contributed by atoms with Gasteiger partial charge in [0, 0.05) is 6.20 Å². The molecule has 0 aliphatic heterocycles. The second kappa shape index (κ2) is 7.51. The van der Waals surface area contributed by atoms with Crippen LogP contribution in [0.15, 0.2) is 85.1 Å². The summed E-state index contributed by atoms with van der Waals surface area (Å²) in [4.78, 5) is 17.3. The first-order valence-corrected chi connectivity index (χ1v) is 8.90. The second-order valence-electron chi connectivity index (χ2n) is 6.03. The number of nitrogens with one attached hydrogen (secondary N) is 1. The van der Waals surface area contributed by atoms with Crippen molar-refractivity contribution in [2.24, 2.45) is 0 Å².